The first-order chi connectivity index (χ1) is 14.6. The summed E-state index contributed by atoms with van der Waals surface area (Å²) in [5, 5.41) is 0. The van der Waals surface area contributed by atoms with Crippen LogP contribution in [0.2, 0.25) is 0 Å². The van der Waals surface area contributed by atoms with Crippen LogP contribution in [0.1, 0.15) is 6.42 Å². The molecule has 4 rings (SSSR count). The van der Waals surface area contributed by atoms with Crippen LogP contribution in [0.25, 0.3) is 0 Å². The second-order valence-electron chi connectivity index (χ2n) is 7.59. The molecule has 7 nitrogen and oxygen atoms in total. The summed E-state index contributed by atoms with van der Waals surface area (Å²) >= 11 is 0. The molecule has 2 aliphatic heterocycles. The highest BCUT2D eigenvalue weighted by Crippen LogP contribution is 2.31. The topological polar surface area (TPSA) is 62.3 Å². The number of hydrogen-bond donors (Lipinski definition) is 0. The number of benzene rings is 2. The maximum Gasteiger partial charge on any atom is 0.228 e. The van der Waals surface area contributed by atoms with Gasteiger partial charge in [0.15, 0.2) is 0 Å². The second kappa shape index (κ2) is 8.65. The minimum atomic E-state index is -0.304. The van der Waals surface area contributed by atoms with Gasteiger partial charge in [-0.2, -0.15) is 0 Å². The first-order valence-electron chi connectivity index (χ1n) is 10.2. The minimum absolute atomic E-state index is 0.0192. The predicted molar refractivity (Wildman–Crippen MR) is 115 cm³/mol. The number of methoxy groups -OCH3 is 2. The molecule has 2 fully saturated rings. The van der Waals surface area contributed by atoms with Crippen LogP contribution in [0.5, 0.6) is 11.5 Å². The predicted octanol–water partition coefficient (Wildman–Crippen LogP) is 2.41. The molecule has 158 valence electrons. The molecule has 0 unspecified atom stereocenters. The van der Waals surface area contributed by atoms with Gasteiger partial charge in [-0.15, -0.1) is 0 Å². The third kappa shape index (κ3) is 3.92. The van der Waals surface area contributed by atoms with Crippen molar-refractivity contribution in [1.82, 2.24) is 4.90 Å². The Hall–Kier alpha value is -3.22. The van der Waals surface area contributed by atoms with E-state index in [0.29, 0.717) is 25.4 Å². The maximum absolute atomic E-state index is 13.1. The fourth-order valence-corrected chi connectivity index (χ4v) is 4.22. The van der Waals surface area contributed by atoms with Gasteiger partial charge in [-0.3, -0.25) is 9.59 Å². The number of amides is 2. The van der Waals surface area contributed by atoms with Gasteiger partial charge < -0.3 is 24.2 Å². The molecule has 2 aromatic rings. The van der Waals surface area contributed by atoms with Gasteiger partial charge >= 0.3 is 0 Å². The summed E-state index contributed by atoms with van der Waals surface area (Å²) in [5.41, 5.74) is 1.82. The quantitative estimate of drug-likeness (QED) is 0.759. The molecule has 0 bridgehead atoms. The molecule has 2 heterocycles. The van der Waals surface area contributed by atoms with Gasteiger partial charge in [0.2, 0.25) is 11.8 Å². The Balaban J connectivity index is 1.38. The van der Waals surface area contributed by atoms with Crippen LogP contribution in [-0.2, 0) is 9.59 Å². The number of nitrogens with zero attached hydrogens (tertiary/aromatic N) is 3. The molecule has 0 spiro atoms. The van der Waals surface area contributed by atoms with E-state index in [4.69, 9.17) is 9.47 Å². The number of hydrogen-bond acceptors (Lipinski definition) is 5. The molecule has 0 aliphatic carbocycles. The lowest BCUT2D eigenvalue weighted by Gasteiger charge is -2.37. The van der Waals surface area contributed by atoms with Crippen molar-refractivity contribution < 1.29 is 19.1 Å². The van der Waals surface area contributed by atoms with Crippen LogP contribution < -0.4 is 19.3 Å². The lowest BCUT2D eigenvalue weighted by Crippen LogP contribution is -2.50. The second-order valence-corrected chi connectivity index (χ2v) is 7.59. The Bertz CT molecular complexity index is 924. The molecular formula is C23H27N3O4. The molecule has 7 heteroatoms. The smallest absolute Gasteiger partial charge is 0.228 e. The van der Waals surface area contributed by atoms with E-state index in [1.54, 1.807) is 19.1 Å². The number of rotatable bonds is 5. The monoisotopic (exact) mass is 409 g/mol. The van der Waals surface area contributed by atoms with Gasteiger partial charge in [-0.05, 0) is 24.3 Å². The number of carbonyl (C=O) groups excluding carboxylic acids is 2. The maximum atomic E-state index is 13.1. The highest BCUT2D eigenvalue weighted by molar-refractivity contribution is 6.00. The molecule has 0 N–H and O–H groups in total. The van der Waals surface area contributed by atoms with E-state index in [2.05, 4.69) is 4.90 Å². The number of para-hydroxylation sites is 2. The van der Waals surface area contributed by atoms with Gasteiger partial charge in [0.1, 0.15) is 11.5 Å². The Morgan fingerprint density at radius 2 is 1.73 bits per heavy atom. The Kier molecular flexibility index (Phi) is 5.79. The first-order valence-corrected chi connectivity index (χ1v) is 10.2. The average molecular weight is 409 g/mol. The van der Waals surface area contributed by atoms with Crippen LogP contribution in [0.4, 0.5) is 11.4 Å². The number of anilines is 2. The Labute approximate surface area is 176 Å². The minimum Gasteiger partial charge on any atom is -0.497 e. The van der Waals surface area contributed by atoms with E-state index in [1.165, 1.54) is 0 Å². The largest absolute Gasteiger partial charge is 0.497 e. The lowest BCUT2D eigenvalue weighted by atomic mass is 10.1. The summed E-state index contributed by atoms with van der Waals surface area (Å²) in [7, 11) is 3.27. The lowest BCUT2D eigenvalue weighted by molar-refractivity contribution is -0.136. The molecular weight excluding hydrogens is 382 g/mol. The van der Waals surface area contributed by atoms with Crippen LogP contribution in [0.3, 0.4) is 0 Å². The number of carbonyl (C=O) groups is 2. The normalized spacial score (nSPS) is 19.2. The van der Waals surface area contributed by atoms with Crippen LogP contribution in [-0.4, -0.2) is 63.7 Å². The summed E-state index contributed by atoms with van der Waals surface area (Å²) in [4.78, 5) is 31.5. The summed E-state index contributed by atoms with van der Waals surface area (Å²) in [5.74, 6) is 1.28. The van der Waals surface area contributed by atoms with E-state index in [1.807, 2.05) is 53.4 Å². The third-order valence-corrected chi connectivity index (χ3v) is 5.86. The Morgan fingerprint density at radius 1 is 0.967 bits per heavy atom. The van der Waals surface area contributed by atoms with Crippen molar-refractivity contribution in [1.29, 1.82) is 0 Å². The van der Waals surface area contributed by atoms with Gasteiger partial charge in [0.05, 0.1) is 25.8 Å². The zero-order chi connectivity index (χ0) is 21.1. The zero-order valence-electron chi connectivity index (χ0n) is 17.4. The van der Waals surface area contributed by atoms with E-state index < -0.39 is 0 Å². The fraction of sp³-hybridized carbons (Fsp3) is 0.391. The fourth-order valence-electron chi connectivity index (χ4n) is 4.22. The summed E-state index contributed by atoms with van der Waals surface area (Å²) < 4.78 is 10.7. The third-order valence-electron chi connectivity index (χ3n) is 5.86. The SMILES string of the molecule is COc1cccc(N2C[C@@H](C(=O)N3CCN(c4ccccc4OC)CC3)CC2=O)c1. The van der Waals surface area contributed by atoms with Crippen molar-refractivity contribution in [3.05, 3.63) is 48.5 Å². The highest BCUT2D eigenvalue weighted by atomic mass is 16.5. The number of ether oxygens (including phenoxy) is 2. The molecule has 2 aliphatic rings. The Morgan fingerprint density at radius 3 is 2.47 bits per heavy atom. The van der Waals surface area contributed by atoms with Gasteiger partial charge in [0, 0.05) is 50.9 Å². The van der Waals surface area contributed by atoms with Gasteiger partial charge in [-0.25, -0.2) is 0 Å². The van der Waals surface area contributed by atoms with Crippen molar-refractivity contribution in [3.63, 3.8) is 0 Å². The van der Waals surface area contributed by atoms with Crippen molar-refractivity contribution >= 4 is 23.2 Å². The van der Waals surface area contributed by atoms with E-state index in [-0.39, 0.29) is 24.2 Å². The molecule has 2 amide bonds. The van der Waals surface area contributed by atoms with Crippen LogP contribution in [0, 0.1) is 5.92 Å². The van der Waals surface area contributed by atoms with Gasteiger partial charge in [-0.1, -0.05) is 18.2 Å². The molecule has 0 radical (unpaired) electrons. The van der Waals surface area contributed by atoms with E-state index in [0.717, 1.165) is 30.2 Å². The van der Waals surface area contributed by atoms with Crippen molar-refractivity contribution in [3.8, 4) is 11.5 Å². The molecule has 2 aromatic carbocycles. The zero-order valence-corrected chi connectivity index (χ0v) is 17.4. The highest BCUT2D eigenvalue weighted by Gasteiger charge is 2.38. The average Bonchev–Trinajstić information content (AvgIpc) is 3.20. The van der Waals surface area contributed by atoms with Crippen molar-refractivity contribution in [2.45, 2.75) is 6.42 Å². The molecule has 0 aromatic heterocycles. The van der Waals surface area contributed by atoms with Crippen LogP contribution >= 0.6 is 0 Å². The molecule has 2 saturated heterocycles. The van der Waals surface area contributed by atoms with Gasteiger partial charge in [0.25, 0.3) is 0 Å². The molecule has 0 saturated carbocycles. The molecule has 30 heavy (non-hydrogen) atoms. The first kappa shape index (κ1) is 20.1. The number of piperazine rings is 1. The summed E-state index contributed by atoms with van der Waals surface area (Å²) in [6.45, 7) is 3.18. The van der Waals surface area contributed by atoms with Crippen molar-refractivity contribution in [2.24, 2.45) is 5.92 Å². The van der Waals surface area contributed by atoms with E-state index in [9.17, 15) is 9.59 Å². The van der Waals surface area contributed by atoms with Crippen LogP contribution in [0.15, 0.2) is 48.5 Å². The standard InChI is InChI=1S/C23H27N3O4/c1-29-19-7-5-6-18(15-19)26-16-17(14-22(26)27)23(28)25-12-10-24(11-13-25)20-8-3-4-9-21(20)30-2/h3-9,15,17H,10-14,16H2,1-2H3/t17-/m0/s1. The summed E-state index contributed by atoms with van der Waals surface area (Å²) in [6.07, 6.45) is 0.253. The van der Waals surface area contributed by atoms with Crippen molar-refractivity contribution in [2.75, 3.05) is 56.7 Å². The van der Waals surface area contributed by atoms with E-state index >= 15 is 0 Å². The summed E-state index contributed by atoms with van der Waals surface area (Å²) in [6, 6.07) is 15.3. The molecule has 1 atom stereocenters.